The highest BCUT2D eigenvalue weighted by atomic mass is 35.5. The number of carbonyl (C=O) groups is 1. The van der Waals surface area contributed by atoms with Crippen LogP contribution in [0.5, 0.6) is 0 Å². The fourth-order valence-electron chi connectivity index (χ4n) is 1.35. The summed E-state index contributed by atoms with van der Waals surface area (Å²) < 4.78 is 0. The molecule has 0 aliphatic rings. The quantitative estimate of drug-likeness (QED) is 0.912. The van der Waals surface area contributed by atoms with Crippen molar-refractivity contribution in [1.29, 1.82) is 0 Å². The van der Waals surface area contributed by atoms with Crippen LogP contribution in [-0.4, -0.2) is 26.1 Å². The van der Waals surface area contributed by atoms with E-state index in [1.165, 1.54) is 4.80 Å². The molecule has 0 saturated carbocycles. The van der Waals surface area contributed by atoms with Gasteiger partial charge in [0, 0.05) is 10.0 Å². The smallest absolute Gasteiger partial charge is 0.358 e. The molecule has 0 aliphatic carbocycles. The number of carboxylic acid groups (broad SMARTS) is 1. The highest BCUT2D eigenvalue weighted by Gasteiger charge is 2.15. The molecule has 0 amide bonds. The largest absolute Gasteiger partial charge is 0.476 e. The Morgan fingerprint density at radius 3 is 2.29 bits per heavy atom. The van der Waals surface area contributed by atoms with Gasteiger partial charge in [-0.3, -0.25) is 0 Å². The van der Waals surface area contributed by atoms with Crippen molar-refractivity contribution in [3.63, 3.8) is 0 Å². The molecule has 2 aromatic rings. The molecule has 0 fully saturated rings. The topological polar surface area (TPSA) is 68.0 Å². The number of rotatable bonds is 2. The average Bonchev–Trinajstić information content (AvgIpc) is 2.59. The summed E-state index contributed by atoms with van der Waals surface area (Å²) in [7, 11) is 0. The molecule has 0 saturated heterocycles. The van der Waals surface area contributed by atoms with E-state index in [4.69, 9.17) is 28.3 Å². The minimum absolute atomic E-state index is 0.0962. The molecule has 2 rings (SSSR count). The number of aromatic nitrogens is 3. The van der Waals surface area contributed by atoms with Crippen LogP contribution in [0.4, 0.5) is 0 Å². The molecule has 0 atom stereocenters. The normalized spacial score (nSPS) is 10.5. The minimum Gasteiger partial charge on any atom is -0.476 e. The van der Waals surface area contributed by atoms with Gasteiger partial charge >= 0.3 is 5.97 Å². The summed E-state index contributed by atoms with van der Waals surface area (Å²) in [5.41, 5.74) is 0.743. The molecule has 1 aromatic carbocycles. The lowest BCUT2D eigenvalue weighted by Crippen LogP contribution is -2.02. The Kier molecular flexibility index (Phi) is 3.04. The van der Waals surface area contributed by atoms with Crippen LogP contribution in [-0.2, 0) is 0 Å². The maximum absolute atomic E-state index is 10.8. The summed E-state index contributed by atoms with van der Waals surface area (Å²) in [5, 5.41) is 17.6. The molecular formula is C10H7Cl2N3O2. The van der Waals surface area contributed by atoms with Crippen LogP contribution in [0.15, 0.2) is 18.2 Å². The summed E-state index contributed by atoms with van der Waals surface area (Å²) in [6.45, 7) is 1.57. The van der Waals surface area contributed by atoms with Crippen molar-refractivity contribution in [2.75, 3.05) is 0 Å². The first-order valence-electron chi connectivity index (χ1n) is 4.61. The van der Waals surface area contributed by atoms with E-state index in [0.29, 0.717) is 21.4 Å². The van der Waals surface area contributed by atoms with Crippen LogP contribution in [0.25, 0.3) is 5.69 Å². The molecule has 17 heavy (non-hydrogen) atoms. The Balaban J connectivity index is 2.53. The van der Waals surface area contributed by atoms with E-state index >= 15 is 0 Å². The zero-order valence-corrected chi connectivity index (χ0v) is 10.2. The molecule has 1 aromatic heterocycles. The number of aryl methyl sites for hydroxylation is 1. The summed E-state index contributed by atoms with van der Waals surface area (Å²) in [5.74, 6) is -1.12. The van der Waals surface area contributed by atoms with E-state index in [-0.39, 0.29) is 5.69 Å². The first-order valence-corrected chi connectivity index (χ1v) is 5.36. The van der Waals surface area contributed by atoms with Crippen molar-refractivity contribution in [2.24, 2.45) is 0 Å². The first kappa shape index (κ1) is 11.9. The average molecular weight is 272 g/mol. The highest BCUT2D eigenvalue weighted by Crippen LogP contribution is 2.21. The Morgan fingerprint density at radius 2 is 1.82 bits per heavy atom. The molecule has 0 aliphatic heterocycles. The zero-order valence-electron chi connectivity index (χ0n) is 8.69. The maximum atomic E-state index is 10.8. The number of hydrogen-bond acceptors (Lipinski definition) is 3. The van der Waals surface area contributed by atoms with Gasteiger partial charge in [-0.1, -0.05) is 23.2 Å². The van der Waals surface area contributed by atoms with Crippen molar-refractivity contribution in [3.8, 4) is 5.69 Å². The predicted molar refractivity (Wildman–Crippen MR) is 63.1 cm³/mol. The van der Waals surface area contributed by atoms with E-state index in [2.05, 4.69) is 10.2 Å². The summed E-state index contributed by atoms with van der Waals surface area (Å²) in [6.07, 6.45) is 0. The molecule has 5 nitrogen and oxygen atoms in total. The van der Waals surface area contributed by atoms with Crippen LogP contribution in [0.3, 0.4) is 0 Å². The summed E-state index contributed by atoms with van der Waals surface area (Å²) in [6, 6.07) is 4.76. The van der Waals surface area contributed by atoms with Gasteiger partial charge in [-0.15, -0.1) is 5.10 Å². The lowest BCUT2D eigenvalue weighted by atomic mass is 10.3. The number of hydrogen-bond donors (Lipinski definition) is 1. The van der Waals surface area contributed by atoms with Crippen molar-refractivity contribution in [2.45, 2.75) is 6.92 Å². The van der Waals surface area contributed by atoms with Gasteiger partial charge in [0.2, 0.25) is 0 Å². The molecule has 0 spiro atoms. The van der Waals surface area contributed by atoms with Gasteiger partial charge in [-0.25, -0.2) is 4.79 Å². The summed E-state index contributed by atoms with van der Waals surface area (Å²) in [4.78, 5) is 12.0. The number of nitrogens with zero attached hydrogens (tertiary/aromatic N) is 3. The monoisotopic (exact) mass is 271 g/mol. The molecular weight excluding hydrogens is 265 g/mol. The summed E-state index contributed by atoms with van der Waals surface area (Å²) >= 11 is 11.7. The van der Waals surface area contributed by atoms with Gasteiger partial charge in [0.15, 0.2) is 5.69 Å². The van der Waals surface area contributed by atoms with Gasteiger partial charge in [-0.2, -0.15) is 9.90 Å². The molecule has 88 valence electrons. The van der Waals surface area contributed by atoms with E-state index < -0.39 is 5.97 Å². The van der Waals surface area contributed by atoms with Crippen LogP contribution in [0.2, 0.25) is 10.0 Å². The lowest BCUT2D eigenvalue weighted by molar-refractivity contribution is 0.0689. The third-order valence-corrected chi connectivity index (χ3v) is 2.50. The molecule has 0 unspecified atom stereocenters. The maximum Gasteiger partial charge on any atom is 0.358 e. The fraction of sp³-hybridized carbons (Fsp3) is 0.100. The molecule has 1 N–H and O–H groups in total. The van der Waals surface area contributed by atoms with Gasteiger partial charge in [0.1, 0.15) is 0 Å². The SMILES string of the molecule is Cc1nn(-c2cc(Cl)cc(Cl)c2)nc1C(=O)O. The van der Waals surface area contributed by atoms with Crippen molar-refractivity contribution < 1.29 is 9.90 Å². The molecule has 7 heteroatoms. The second-order valence-electron chi connectivity index (χ2n) is 3.36. The van der Waals surface area contributed by atoms with E-state index in [1.54, 1.807) is 25.1 Å². The van der Waals surface area contributed by atoms with Gasteiger partial charge in [0.05, 0.1) is 11.4 Å². The predicted octanol–water partition coefficient (Wildman–Crippen LogP) is 2.58. The van der Waals surface area contributed by atoms with Gasteiger partial charge in [0.25, 0.3) is 0 Å². The first-order chi connectivity index (χ1) is 7.97. The Morgan fingerprint density at radius 1 is 1.24 bits per heavy atom. The number of aromatic carboxylic acids is 1. The molecule has 1 heterocycles. The van der Waals surface area contributed by atoms with Crippen LogP contribution < -0.4 is 0 Å². The fourth-order valence-corrected chi connectivity index (χ4v) is 1.86. The Labute approximate surface area is 107 Å². The third kappa shape index (κ3) is 2.40. The Hall–Kier alpha value is -1.59. The van der Waals surface area contributed by atoms with Gasteiger partial charge in [-0.05, 0) is 25.1 Å². The standard InChI is InChI=1S/C10H7Cl2N3O2/c1-5-9(10(16)17)14-15(13-5)8-3-6(11)2-7(12)4-8/h2-4H,1H3,(H,16,17). The number of benzene rings is 1. The van der Waals surface area contributed by atoms with Crippen LogP contribution >= 0.6 is 23.2 Å². The molecule has 0 bridgehead atoms. The van der Waals surface area contributed by atoms with Crippen molar-refractivity contribution >= 4 is 29.2 Å². The lowest BCUT2D eigenvalue weighted by Gasteiger charge is -2.00. The van der Waals surface area contributed by atoms with E-state index in [0.717, 1.165) is 0 Å². The highest BCUT2D eigenvalue weighted by molar-refractivity contribution is 6.34. The van der Waals surface area contributed by atoms with E-state index in [1.807, 2.05) is 0 Å². The number of halogens is 2. The Bertz CT molecular complexity index is 575. The van der Waals surface area contributed by atoms with Crippen LogP contribution in [0.1, 0.15) is 16.2 Å². The zero-order chi connectivity index (χ0) is 12.6. The third-order valence-electron chi connectivity index (χ3n) is 2.06. The minimum atomic E-state index is -1.12. The van der Waals surface area contributed by atoms with Crippen LogP contribution in [0, 0.1) is 6.92 Å². The number of carboxylic acids is 1. The second kappa shape index (κ2) is 4.35. The van der Waals surface area contributed by atoms with Crippen molar-refractivity contribution in [1.82, 2.24) is 15.0 Å². The van der Waals surface area contributed by atoms with Crippen molar-refractivity contribution in [3.05, 3.63) is 39.6 Å². The van der Waals surface area contributed by atoms with Gasteiger partial charge < -0.3 is 5.11 Å². The molecule has 0 radical (unpaired) electrons. The van der Waals surface area contributed by atoms with E-state index in [9.17, 15) is 4.79 Å². The second-order valence-corrected chi connectivity index (χ2v) is 4.23.